The molecule has 0 aliphatic rings. The number of hydrogen-bond donors (Lipinski definition) is 2. The summed E-state index contributed by atoms with van der Waals surface area (Å²) in [5.41, 5.74) is 15.0. The third kappa shape index (κ3) is 4.55. The first-order valence-electron chi connectivity index (χ1n) is 10.7. The van der Waals surface area contributed by atoms with Gasteiger partial charge in [-0.3, -0.25) is 4.98 Å². The van der Waals surface area contributed by atoms with E-state index in [1.165, 1.54) is 0 Å². The van der Waals surface area contributed by atoms with E-state index < -0.39 is 5.41 Å². The summed E-state index contributed by atoms with van der Waals surface area (Å²) >= 11 is 0. The van der Waals surface area contributed by atoms with Crippen LogP contribution in [-0.4, -0.2) is 45.3 Å². The lowest BCUT2D eigenvalue weighted by atomic mass is 9.90. The molecule has 10 heteroatoms. The molecule has 0 saturated heterocycles. The zero-order chi connectivity index (χ0) is 24.3. The number of pyridine rings is 1. The van der Waals surface area contributed by atoms with Crippen molar-refractivity contribution in [2.75, 3.05) is 30.8 Å². The Morgan fingerprint density at radius 1 is 1.06 bits per heavy atom. The normalized spacial score (nSPS) is 11.3. The number of nitrogens with two attached hydrogens (primary N) is 2. The van der Waals surface area contributed by atoms with Crippen molar-refractivity contribution < 1.29 is 4.42 Å². The average Bonchev–Trinajstić information content (AvgIpc) is 3.35. The maximum Gasteiger partial charge on any atom is 0.270 e. The fraction of sp³-hybridized carbons (Fsp3) is 0.250. The van der Waals surface area contributed by atoms with Crippen molar-refractivity contribution in [3.8, 4) is 40.4 Å². The molecule has 0 amide bonds. The summed E-state index contributed by atoms with van der Waals surface area (Å²) in [7, 11) is 1.98. The van der Waals surface area contributed by atoms with Gasteiger partial charge in [0.1, 0.15) is 0 Å². The van der Waals surface area contributed by atoms with Gasteiger partial charge in [-0.15, -0.1) is 10.2 Å². The second-order valence-electron chi connectivity index (χ2n) is 8.33. The van der Waals surface area contributed by atoms with Crippen LogP contribution < -0.4 is 16.4 Å². The lowest BCUT2D eigenvalue weighted by Crippen LogP contribution is -2.24. The molecule has 0 aliphatic heterocycles. The molecule has 4 rings (SSSR count). The molecule has 0 radical (unpaired) electrons. The van der Waals surface area contributed by atoms with Crippen LogP contribution in [0.5, 0.6) is 0 Å². The number of anilines is 2. The molecule has 0 fully saturated rings. The zero-order valence-corrected chi connectivity index (χ0v) is 19.2. The van der Waals surface area contributed by atoms with E-state index in [9.17, 15) is 5.26 Å². The maximum atomic E-state index is 9.43. The first-order valence-corrected chi connectivity index (χ1v) is 10.7. The Hall–Kier alpha value is -4.36. The molecule has 34 heavy (non-hydrogen) atoms. The standard InChI is InChI=1S/C24H25N9O/c1-24(2,14-26)19-12-16(8-10-28-19)18-13-29-21(27)20(30-18)23-32-31-22(34-23)15-4-6-17(7-5-15)33(3)11-9-25/h4-8,10,12-13H,9,11,25H2,1-3H3,(H2,27,29). The summed E-state index contributed by atoms with van der Waals surface area (Å²) in [5.74, 6) is 0.679. The lowest BCUT2D eigenvalue weighted by Gasteiger charge is -2.18. The highest BCUT2D eigenvalue weighted by atomic mass is 16.4. The summed E-state index contributed by atoms with van der Waals surface area (Å²) in [6, 6.07) is 13.6. The van der Waals surface area contributed by atoms with Gasteiger partial charge in [-0.05, 0) is 50.2 Å². The highest BCUT2D eigenvalue weighted by Gasteiger charge is 2.23. The summed E-state index contributed by atoms with van der Waals surface area (Å²) in [5, 5.41) is 17.7. The first kappa shape index (κ1) is 22.8. The molecule has 0 atom stereocenters. The first-order chi connectivity index (χ1) is 16.3. The van der Waals surface area contributed by atoms with Crippen LogP contribution in [0, 0.1) is 11.3 Å². The molecule has 0 aliphatic carbocycles. The Morgan fingerprint density at radius 3 is 2.50 bits per heavy atom. The highest BCUT2D eigenvalue weighted by Crippen LogP contribution is 2.30. The molecule has 0 saturated carbocycles. The molecule has 0 bridgehead atoms. The minimum atomic E-state index is -0.740. The third-order valence-corrected chi connectivity index (χ3v) is 5.42. The number of hydrogen-bond acceptors (Lipinski definition) is 10. The average molecular weight is 456 g/mol. The second kappa shape index (κ2) is 9.25. The molecule has 172 valence electrons. The van der Waals surface area contributed by atoms with Gasteiger partial charge in [0.2, 0.25) is 5.89 Å². The molecule has 3 heterocycles. The summed E-state index contributed by atoms with van der Waals surface area (Å²) in [4.78, 5) is 15.3. The number of nitriles is 1. The molecule has 4 N–H and O–H groups in total. The Labute approximate surface area is 197 Å². The highest BCUT2D eigenvalue weighted by molar-refractivity contribution is 5.69. The van der Waals surface area contributed by atoms with Crippen molar-refractivity contribution in [1.29, 1.82) is 5.26 Å². The van der Waals surface area contributed by atoms with Gasteiger partial charge in [0.25, 0.3) is 5.89 Å². The van der Waals surface area contributed by atoms with Crippen LogP contribution in [0.2, 0.25) is 0 Å². The molecular formula is C24H25N9O. The van der Waals surface area contributed by atoms with Crippen LogP contribution in [-0.2, 0) is 5.41 Å². The molecule has 3 aromatic heterocycles. The van der Waals surface area contributed by atoms with Crippen LogP contribution in [0.15, 0.2) is 53.2 Å². The van der Waals surface area contributed by atoms with Crippen molar-refractivity contribution in [3.05, 3.63) is 54.5 Å². The van der Waals surface area contributed by atoms with E-state index in [-0.39, 0.29) is 17.4 Å². The van der Waals surface area contributed by atoms with Gasteiger partial charge in [0.05, 0.1) is 29.1 Å². The van der Waals surface area contributed by atoms with Gasteiger partial charge in [-0.1, -0.05) is 0 Å². The minimum Gasteiger partial charge on any atom is -0.414 e. The van der Waals surface area contributed by atoms with Crippen molar-refractivity contribution in [2.24, 2.45) is 5.73 Å². The number of aromatic nitrogens is 5. The molecule has 1 aromatic carbocycles. The monoisotopic (exact) mass is 455 g/mol. The topological polar surface area (TPSA) is 157 Å². The van der Waals surface area contributed by atoms with Gasteiger partial charge in [0, 0.05) is 43.1 Å². The van der Waals surface area contributed by atoms with E-state index in [4.69, 9.17) is 15.9 Å². The smallest absolute Gasteiger partial charge is 0.270 e. The Kier molecular flexibility index (Phi) is 6.21. The number of likely N-dealkylation sites (N-methyl/N-ethyl adjacent to an activating group) is 1. The zero-order valence-electron chi connectivity index (χ0n) is 19.2. The van der Waals surface area contributed by atoms with E-state index in [1.807, 2.05) is 51.2 Å². The number of nitrogens with zero attached hydrogens (tertiary/aromatic N) is 7. The summed E-state index contributed by atoms with van der Waals surface area (Å²) < 4.78 is 5.88. The van der Waals surface area contributed by atoms with Crippen molar-refractivity contribution >= 4 is 11.5 Å². The van der Waals surface area contributed by atoms with Crippen molar-refractivity contribution in [3.63, 3.8) is 0 Å². The largest absolute Gasteiger partial charge is 0.414 e. The van der Waals surface area contributed by atoms with Crippen LogP contribution in [0.4, 0.5) is 11.5 Å². The van der Waals surface area contributed by atoms with Gasteiger partial charge >= 0.3 is 0 Å². The fourth-order valence-corrected chi connectivity index (χ4v) is 3.30. The number of rotatable bonds is 7. The van der Waals surface area contributed by atoms with E-state index >= 15 is 0 Å². The Morgan fingerprint density at radius 2 is 1.79 bits per heavy atom. The van der Waals surface area contributed by atoms with Gasteiger partial charge in [-0.2, -0.15) is 5.26 Å². The maximum absolute atomic E-state index is 9.43. The Balaban J connectivity index is 1.64. The van der Waals surface area contributed by atoms with Gasteiger partial charge in [0.15, 0.2) is 11.5 Å². The van der Waals surface area contributed by atoms with Crippen LogP contribution in [0.1, 0.15) is 19.5 Å². The van der Waals surface area contributed by atoms with E-state index in [0.29, 0.717) is 23.8 Å². The summed E-state index contributed by atoms with van der Waals surface area (Å²) in [6.07, 6.45) is 3.20. The summed E-state index contributed by atoms with van der Waals surface area (Å²) in [6.45, 7) is 4.94. The third-order valence-electron chi connectivity index (χ3n) is 5.42. The predicted molar refractivity (Wildman–Crippen MR) is 129 cm³/mol. The van der Waals surface area contributed by atoms with Crippen LogP contribution >= 0.6 is 0 Å². The molecule has 10 nitrogen and oxygen atoms in total. The SMILES string of the molecule is CN(CCN)c1ccc(-c2nnc(-c3nc(-c4ccnc(C(C)(C)C#N)c4)cnc3N)o2)cc1. The van der Waals surface area contributed by atoms with Crippen LogP contribution in [0.3, 0.4) is 0 Å². The number of benzene rings is 1. The number of nitrogen functional groups attached to an aromatic ring is 1. The van der Waals surface area contributed by atoms with E-state index in [2.05, 4.69) is 36.1 Å². The molecular weight excluding hydrogens is 430 g/mol. The van der Waals surface area contributed by atoms with E-state index in [1.54, 1.807) is 18.5 Å². The second-order valence-corrected chi connectivity index (χ2v) is 8.33. The van der Waals surface area contributed by atoms with Gasteiger partial charge < -0.3 is 20.8 Å². The Bertz CT molecular complexity index is 1340. The van der Waals surface area contributed by atoms with Crippen LogP contribution in [0.25, 0.3) is 34.3 Å². The van der Waals surface area contributed by atoms with Gasteiger partial charge in [-0.25, -0.2) is 9.97 Å². The van der Waals surface area contributed by atoms with E-state index in [0.717, 1.165) is 23.4 Å². The fourth-order valence-electron chi connectivity index (χ4n) is 3.30. The predicted octanol–water partition coefficient (Wildman–Crippen LogP) is 3.03. The minimum absolute atomic E-state index is 0.165. The van der Waals surface area contributed by atoms with Crippen molar-refractivity contribution in [1.82, 2.24) is 25.1 Å². The quantitative estimate of drug-likeness (QED) is 0.424. The molecule has 0 unspecified atom stereocenters. The molecule has 0 spiro atoms. The lowest BCUT2D eigenvalue weighted by molar-refractivity contribution is 0.582. The van der Waals surface area contributed by atoms with Crippen molar-refractivity contribution in [2.45, 2.75) is 19.3 Å². The molecule has 4 aromatic rings.